The van der Waals surface area contributed by atoms with Crippen molar-refractivity contribution in [1.82, 2.24) is 4.98 Å². The molecule has 0 N–H and O–H groups in total. The number of allylic oxidation sites excluding steroid dienone is 2. The number of hydrogen-bond donors (Lipinski definition) is 0. The molecule has 1 heterocycles. The van der Waals surface area contributed by atoms with Gasteiger partial charge in [0.05, 0.1) is 0 Å². The van der Waals surface area contributed by atoms with E-state index in [1.807, 2.05) is 18.2 Å². The van der Waals surface area contributed by atoms with Gasteiger partial charge in [-0.3, -0.25) is 0 Å². The molecule has 1 aromatic carbocycles. The van der Waals surface area contributed by atoms with Gasteiger partial charge < -0.3 is 0 Å². The second kappa shape index (κ2) is 4.89. The van der Waals surface area contributed by atoms with Gasteiger partial charge in [0.15, 0.2) is 0 Å². The second-order valence-electron chi connectivity index (χ2n) is 4.28. The maximum Gasteiger partial charge on any atom is 0.113 e. The van der Waals surface area contributed by atoms with Gasteiger partial charge in [-0.2, -0.15) is 0 Å². The maximum absolute atomic E-state index is 4.22. The summed E-state index contributed by atoms with van der Waals surface area (Å²) in [6.45, 7) is 0. The zero-order chi connectivity index (χ0) is 12.2. The number of fused-ring (bicyclic) bond motifs is 1. The van der Waals surface area contributed by atoms with Crippen LogP contribution in [0.1, 0.15) is 23.2 Å². The summed E-state index contributed by atoms with van der Waals surface area (Å²) < 4.78 is 0. The molecular weight excluding hydrogens is 218 g/mol. The summed E-state index contributed by atoms with van der Waals surface area (Å²) in [6.07, 6.45) is 6.18. The molecule has 0 fully saturated rings. The molecule has 3 rings (SSSR count). The Morgan fingerprint density at radius 3 is 2.72 bits per heavy atom. The highest BCUT2D eigenvalue weighted by Gasteiger charge is 2.09. The van der Waals surface area contributed by atoms with Gasteiger partial charge in [-0.15, -0.1) is 0 Å². The molecule has 1 heteroatoms. The molecule has 0 amide bonds. The second-order valence-corrected chi connectivity index (χ2v) is 4.28. The smallest absolute Gasteiger partial charge is 0.113 e. The van der Waals surface area contributed by atoms with Crippen LogP contribution in [0.5, 0.6) is 0 Å². The number of aromatic nitrogens is 1. The Hall–Kier alpha value is -2.33. The van der Waals surface area contributed by atoms with Crippen LogP contribution in [0, 0.1) is 11.8 Å². The van der Waals surface area contributed by atoms with Crippen molar-refractivity contribution in [2.45, 2.75) is 12.8 Å². The fraction of sp³-hybridized carbons (Fsp3) is 0.118. The van der Waals surface area contributed by atoms with E-state index in [1.54, 1.807) is 6.20 Å². The quantitative estimate of drug-likeness (QED) is 0.633. The third kappa shape index (κ3) is 2.19. The molecule has 1 aliphatic carbocycles. The molecule has 0 saturated carbocycles. The van der Waals surface area contributed by atoms with E-state index < -0.39 is 0 Å². The molecule has 86 valence electrons. The van der Waals surface area contributed by atoms with Crippen molar-refractivity contribution >= 4 is 5.57 Å². The monoisotopic (exact) mass is 231 g/mol. The highest BCUT2D eigenvalue weighted by Crippen LogP contribution is 2.25. The Morgan fingerprint density at radius 1 is 0.944 bits per heavy atom. The van der Waals surface area contributed by atoms with Gasteiger partial charge in [-0.1, -0.05) is 42.3 Å². The van der Waals surface area contributed by atoms with E-state index in [0.717, 1.165) is 24.1 Å². The van der Waals surface area contributed by atoms with E-state index in [2.05, 4.69) is 47.2 Å². The Bertz CT molecular complexity index is 642. The molecule has 0 atom stereocenters. The zero-order valence-corrected chi connectivity index (χ0v) is 10.1. The van der Waals surface area contributed by atoms with Gasteiger partial charge in [0.25, 0.3) is 0 Å². The van der Waals surface area contributed by atoms with Crippen LogP contribution in [0.25, 0.3) is 5.57 Å². The molecule has 2 aromatic rings. The summed E-state index contributed by atoms with van der Waals surface area (Å²) in [7, 11) is 0. The van der Waals surface area contributed by atoms with Crippen LogP contribution in [0.4, 0.5) is 0 Å². The zero-order valence-electron chi connectivity index (χ0n) is 10.1. The average molecular weight is 231 g/mol. The molecular formula is C17H13N. The number of benzene rings is 1. The van der Waals surface area contributed by atoms with E-state index in [0.29, 0.717) is 0 Å². The molecule has 0 radical (unpaired) electrons. The Labute approximate surface area is 107 Å². The molecule has 1 aliphatic rings. The summed E-state index contributed by atoms with van der Waals surface area (Å²) in [6, 6.07) is 14.3. The summed E-state index contributed by atoms with van der Waals surface area (Å²) in [5, 5.41) is 0. The van der Waals surface area contributed by atoms with Gasteiger partial charge in [0.1, 0.15) is 5.69 Å². The first-order chi connectivity index (χ1) is 8.93. The van der Waals surface area contributed by atoms with Crippen LogP contribution in [0.3, 0.4) is 0 Å². The van der Waals surface area contributed by atoms with Crippen molar-refractivity contribution in [2.24, 2.45) is 0 Å². The summed E-state index contributed by atoms with van der Waals surface area (Å²) >= 11 is 0. The molecule has 0 bridgehead atoms. The molecule has 0 spiro atoms. The minimum Gasteiger partial charge on any atom is -0.248 e. The molecule has 0 aliphatic heterocycles. The number of rotatable bonds is 0. The first kappa shape index (κ1) is 10.8. The Morgan fingerprint density at radius 2 is 1.83 bits per heavy atom. The summed E-state index contributed by atoms with van der Waals surface area (Å²) in [5.74, 6) is 6.37. The van der Waals surface area contributed by atoms with Crippen LogP contribution in [0.2, 0.25) is 0 Å². The highest BCUT2D eigenvalue weighted by atomic mass is 14.6. The fourth-order valence-electron chi connectivity index (χ4n) is 2.17. The Balaban J connectivity index is 1.95. The minimum atomic E-state index is 0.821. The molecule has 1 aromatic heterocycles. The van der Waals surface area contributed by atoms with E-state index in [1.165, 1.54) is 11.1 Å². The highest BCUT2D eigenvalue weighted by molar-refractivity contribution is 5.82. The van der Waals surface area contributed by atoms with Gasteiger partial charge in [-0.05, 0) is 42.0 Å². The number of pyridine rings is 1. The minimum absolute atomic E-state index is 0.821. The summed E-state index contributed by atoms with van der Waals surface area (Å²) in [5.41, 5.74) is 4.61. The SMILES string of the molecule is C(#Cc1ccccn1)C1=CCCc2ccccc21. The lowest BCUT2D eigenvalue weighted by atomic mass is 9.91. The van der Waals surface area contributed by atoms with Gasteiger partial charge in [0, 0.05) is 11.8 Å². The molecule has 0 saturated heterocycles. The number of aryl methyl sites for hydroxylation is 1. The normalized spacial score (nSPS) is 13.0. The van der Waals surface area contributed by atoms with Gasteiger partial charge >= 0.3 is 0 Å². The standard InChI is InChI=1S/C17H13N/c1-2-10-17-14(6-1)7-5-8-15(17)11-12-16-9-3-4-13-18-16/h1-4,6,8-10,13H,5,7H2. The number of hydrogen-bond acceptors (Lipinski definition) is 1. The van der Waals surface area contributed by atoms with Crippen LogP contribution in [-0.4, -0.2) is 4.98 Å². The van der Waals surface area contributed by atoms with Crippen LogP contribution in [0.15, 0.2) is 54.7 Å². The molecule has 1 nitrogen and oxygen atoms in total. The van der Waals surface area contributed by atoms with Crippen molar-refractivity contribution in [1.29, 1.82) is 0 Å². The predicted molar refractivity (Wildman–Crippen MR) is 73.9 cm³/mol. The van der Waals surface area contributed by atoms with E-state index >= 15 is 0 Å². The lowest BCUT2D eigenvalue weighted by Crippen LogP contribution is -1.97. The topological polar surface area (TPSA) is 12.9 Å². The first-order valence-corrected chi connectivity index (χ1v) is 6.15. The Kier molecular flexibility index (Phi) is 2.94. The average Bonchev–Trinajstić information content (AvgIpc) is 2.46. The van der Waals surface area contributed by atoms with E-state index in [9.17, 15) is 0 Å². The van der Waals surface area contributed by atoms with Crippen molar-refractivity contribution in [3.63, 3.8) is 0 Å². The van der Waals surface area contributed by atoms with E-state index in [-0.39, 0.29) is 0 Å². The number of nitrogens with zero attached hydrogens (tertiary/aromatic N) is 1. The summed E-state index contributed by atoms with van der Waals surface area (Å²) in [4.78, 5) is 4.22. The van der Waals surface area contributed by atoms with Crippen molar-refractivity contribution in [2.75, 3.05) is 0 Å². The van der Waals surface area contributed by atoms with Gasteiger partial charge in [-0.25, -0.2) is 4.98 Å². The maximum atomic E-state index is 4.22. The van der Waals surface area contributed by atoms with Crippen LogP contribution in [-0.2, 0) is 6.42 Å². The third-order valence-electron chi connectivity index (χ3n) is 3.06. The third-order valence-corrected chi connectivity index (χ3v) is 3.06. The molecule has 0 unspecified atom stereocenters. The van der Waals surface area contributed by atoms with Crippen molar-refractivity contribution < 1.29 is 0 Å². The lowest BCUT2D eigenvalue weighted by Gasteiger charge is -2.13. The van der Waals surface area contributed by atoms with E-state index in [4.69, 9.17) is 0 Å². The molecule has 18 heavy (non-hydrogen) atoms. The van der Waals surface area contributed by atoms with Crippen LogP contribution >= 0.6 is 0 Å². The predicted octanol–water partition coefficient (Wildman–Crippen LogP) is 3.46. The first-order valence-electron chi connectivity index (χ1n) is 6.15. The lowest BCUT2D eigenvalue weighted by molar-refractivity contribution is 0.981. The fourth-order valence-corrected chi connectivity index (χ4v) is 2.17. The van der Waals surface area contributed by atoms with Gasteiger partial charge in [0.2, 0.25) is 0 Å². The van der Waals surface area contributed by atoms with Crippen LogP contribution < -0.4 is 0 Å². The van der Waals surface area contributed by atoms with Crippen molar-refractivity contribution in [3.8, 4) is 11.8 Å². The van der Waals surface area contributed by atoms with Crippen molar-refractivity contribution in [3.05, 3.63) is 71.6 Å². The largest absolute Gasteiger partial charge is 0.248 e.